The highest BCUT2D eigenvalue weighted by atomic mass is 19.1. The minimum absolute atomic E-state index is 0.123. The number of guanidine groups is 1. The molecule has 0 radical (unpaired) electrons. The summed E-state index contributed by atoms with van der Waals surface area (Å²) in [4.78, 5) is 31.3. The molecule has 240 valence electrons. The van der Waals surface area contributed by atoms with Crippen LogP contribution >= 0.6 is 0 Å². The van der Waals surface area contributed by atoms with Gasteiger partial charge in [-0.05, 0) is 97.4 Å². The summed E-state index contributed by atoms with van der Waals surface area (Å²) in [7, 11) is 0. The zero-order valence-corrected chi connectivity index (χ0v) is 27.2. The third-order valence-corrected chi connectivity index (χ3v) is 10.9. The molecule has 0 amide bonds. The highest BCUT2D eigenvalue weighted by Gasteiger charge is 2.56. The zero-order valence-electron chi connectivity index (χ0n) is 27.2. The van der Waals surface area contributed by atoms with E-state index in [0.717, 1.165) is 49.2 Å². The molecule has 2 bridgehead atoms. The van der Waals surface area contributed by atoms with Crippen molar-refractivity contribution >= 4 is 22.5 Å². The smallest absolute Gasteiger partial charge is 0.261 e. The van der Waals surface area contributed by atoms with Gasteiger partial charge in [0.25, 0.3) is 5.56 Å². The van der Waals surface area contributed by atoms with Crippen molar-refractivity contribution in [3.63, 3.8) is 0 Å². The second kappa shape index (κ2) is 12.2. The summed E-state index contributed by atoms with van der Waals surface area (Å²) < 4.78 is 15.2. The van der Waals surface area contributed by atoms with Crippen LogP contribution in [0.1, 0.15) is 46.1 Å². The summed E-state index contributed by atoms with van der Waals surface area (Å²) >= 11 is 0. The summed E-state index contributed by atoms with van der Waals surface area (Å²) in [5.74, 6) is 3.11. The van der Waals surface area contributed by atoms with Crippen molar-refractivity contribution in [1.82, 2.24) is 24.8 Å². The lowest BCUT2D eigenvalue weighted by molar-refractivity contribution is -0.108. The van der Waals surface area contributed by atoms with Crippen LogP contribution in [0.4, 0.5) is 10.1 Å². The average molecular weight is 622 g/mol. The summed E-state index contributed by atoms with van der Waals surface area (Å²) in [6, 6.07) is 18.5. The lowest BCUT2D eigenvalue weighted by Crippen LogP contribution is -2.57. The topological polar surface area (TPSA) is 87.4 Å². The second-order valence-corrected chi connectivity index (χ2v) is 14.1. The molecule has 4 fully saturated rings. The fraction of sp³-hybridized carbons (Fsp3) is 0.459. The van der Waals surface area contributed by atoms with Crippen molar-refractivity contribution in [2.75, 3.05) is 25.0 Å². The van der Waals surface area contributed by atoms with E-state index in [1.807, 2.05) is 36.4 Å². The standard InChI is InChI=1S/C37H44FN7O/c1-23-22-44(18-16-39-23)36(43-32-20-26-19-30(24(32)2)37(26,3)4)41-28-12-13-29-33(21-28)42-34(31-7-5-6-15-40-31)45(35(29)46)17-14-25-8-10-27(38)11-9-25/h5-13,15,21,23-24,26,30,32,39H,14,16-20,22H2,1-4H3,(H,41,43)/t23-,24+,26-,30-,32?/m0/s1. The lowest BCUT2D eigenvalue weighted by Gasteiger charge is -2.61. The van der Waals surface area contributed by atoms with E-state index in [0.29, 0.717) is 58.7 Å². The van der Waals surface area contributed by atoms with Gasteiger partial charge in [-0.2, -0.15) is 0 Å². The molecule has 1 saturated heterocycles. The van der Waals surface area contributed by atoms with Crippen molar-refractivity contribution < 1.29 is 4.39 Å². The molecule has 1 aliphatic heterocycles. The number of rotatable bonds is 6. The number of benzene rings is 2. The first-order valence-corrected chi connectivity index (χ1v) is 16.7. The van der Waals surface area contributed by atoms with Crippen LogP contribution in [0.5, 0.6) is 0 Å². The summed E-state index contributed by atoms with van der Waals surface area (Å²) in [6.45, 7) is 12.5. The minimum atomic E-state index is -0.277. The maximum absolute atomic E-state index is 14.0. The number of piperazine rings is 1. The Morgan fingerprint density at radius 2 is 1.93 bits per heavy atom. The first-order valence-electron chi connectivity index (χ1n) is 16.7. The first-order chi connectivity index (χ1) is 22.2. The highest BCUT2D eigenvalue weighted by molar-refractivity contribution is 5.96. The second-order valence-electron chi connectivity index (χ2n) is 14.1. The Kier molecular flexibility index (Phi) is 8.13. The normalized spacial score (nSPS) is 25.7. The number of halogens is 1. The van der Waals surface area contributed by atoms with Crippen LogP contribution in [-0.2, 0) is 13.0 Å². The van der Waals surface area contributed by atoms with E-state index in [1.165, 1.54) is 18.6 Å². The molecule has 8 nitrogen and oxygen atoms in total. The average Bonchev–Trinajstić information content (AvgIpc) is 3.05. The van der Waals surface area contributed by atoms with Gasteiger partial charge in [-0.15, -0.1) is 0 Å². The molecule has 46 heavy (non-hydrogen) atoms. The number of aryl methyl sites for hydroxylation is 1. The molecule has 4 aliphatic rings. The van der Waals surface area contributed by atoms with E-state index < -0.39 is 0 Å². The Morgan fingerprint density at radius 1 is 1.11 bits per heavy atom. The number of fused-ring (bicyclic) bond motifs is 3. The van der Waals surface area contributed by atoms with Gasteiger partial charge in [0.2, 0.25) is 0 Å². The molecular weight excluding hydrogens is 577 g/mol. The molecule has 3 saturated carbocycles. The van der Waals surface area contributed by atoms with E-state index in [1.54, 1.807) is 22.9 Å². The van der Waals surface area contributed by atoms with E-state index in [2.05, 4.69) is 48.2 Å². The highest BCUT2D eigenvalue weighted by Crippen LogP contribution is 2.61. The molecule has 5 atom stereocenters. The van der Waals surface area contributed by atoms with Crippen molar-refractivity contribution in [2.45, 2.75) is 65.6 Å². The third kappa shape index (κ3) is 5.81. The first kappa shape index (κ1) is 30.5. The van der Waals surface area contributed by atoms with Crippen molar-refractivity contribution in [2.24, 2.45) is 28.2 Å². The predicted molar refractivity (Wildman–Crippen MR) is 182 cm³/mol. The van der Waals surface area contributed by atoms with Gasteiger partial charge < -0.3 is 15.5 Å². The molecule has 8 rings (SSSR count). The molecule has 2 aromatic heterocycles. The van der Waals surface area contributed by atoms with Crippen LogP contribution in [0.15, 0.2) is 76.6 Å². The summed E-state index contributed by atoms with van der Waals surface area (Å²) in [5.41, 5.74) is 3.32. The molecule has 3 aliphatic carbocycles. The van der Waals surface area contributed by atoms with E-state index in [-0.39, 0.29) is 17.4 Å². The van der Waals surface area contributed by atoms with Gasteiger partial charge in [0.05, 0.1) is 16.9 Å². The number of hydrogen-bond acceptors (Lipinski definition) is 5. The minimum Gasteiger partial charge on any atom is -0.340 e. The lowest BCUT2D eigenvalue weighted by atomic mass is 9.45. The maximum Gasteiger partial charge on any atom is 0.261 e. The summed E-state index contributed by atoms with van der Waals surface area (Å²) in [6.07, 6.45) is 4.72. The Hall–Kier alpha value is -4.11. The number of anilines is 1. The van der Waals surface area contributed by atoms with Crippen LogP contribution in [0.25, 0.3) is 22.4 Å². The monoisotopic (exact) mass is 621 g/mol. The Bertz CT molecular complexity index is 1800. The van der Waals surface area contributed by atoms with Crippen LogP contribution in [0.2, 0.25) is 0 Å². The van der Waals surface area contributed by atoms with Gasteiger partial charge in [0.1, 0.15) is 11.5 Å². The van der Waals surface area contributed by atoms with Crippen LogP contribution in [0, 0.1) is 29.0 Å². The van der Waals surface area contributed by atoms with Crippen molar-refractivity contribution in [3.8, 4) is 11.5 Å². The fourth-order valence-electron chi connectivity index (χ4n) is 7.99. The predicted octanol–water partition coefficient (Wildman–Crippen LogP) is 5.97. The van der Waals surface area contributed by atoms with Gasteiger partial charge in [-0.1, -0.05) is 39.0 Å². The Morgan fingerprint density at radius 3 is 2.65 bits per heavy atom. The molecule has 2 N–H and O–H groups in total. The van der Waals surface area contributed by atoms with Gasteiger partial charge in [-0.3, -0.25) is 14.3 Å². The molecule has 3 heterocycles. The quantitative estimate of drug-likeness (QED) is 0.204. The number of aromatic nitrogens is 3. The van der Waals surface area contributed by atoms with E-state index in [4.69, 9.17) is 9.98 Å². The Balaban J connectivity index is 1.23. The zero-order chi connectivity index (χ0) is 32.0. The van der Waals surface area contributed by atoms with Gasteiger partial charge >= 0.3 is 0 Å². The number of aliphatic imine (C=N–C) groups is 1. The number of pyridine rings is 1. The van der Waals surface area contributed by atoms with Gasteiger partial charge in [-0.25, -0.2) is 14.4 Å². The fourth-order valence-corrected chi connectivity index (χ4v) is 7.99. The maximum atomic E-state index is 14.0. The molecular formula is C37H44FN7O. The number of nitrogens with one attached hydrogen (secondary N) is 2. The van der Waals surface area contributed by atoms with E-state index in [9.17, 15) is 9.18 Å². The SMILES string of the molecule is C[C@H]1CN(C(=NC2C[C@@H]3C[C@@H]([C@H]2C)C3(C)C)Nc2ccc3c(=O)n(CCc4ccc(F)cc4)c(-c4ccccn4)nc3c2)CCN1. The van der Waals surface area contributed by atoms with Gasteiger partial charge in [0, 0.05) is 44.1 Å². The number of hydrogen-bond donors (Lipinski definition) is 2. The number of nitrogens with zero attached hydrogens (tertiary/aromatic N) is 5. The van der Waals surface area contributed by atoms with Crippen LogP contribution in [-0.4, -0.2) is 57.1 Å². The van der Waals surface area contributed by atoms with Crippen LogP contribution in [0.3, 0.4) is 0 Å². The molecule has 1 unspecified atom stereocenters. The van der Waals surface area contributed by atoms with Crippen molar-refractivity contribution in [3.05, 3.63) is 88.6 Å². The summed E-state index contributed by atoms with van der Waals surface area (Å²) in [5, 5.41) is 7.78. The Labute approximate surface area is 270 Å². The molecule has 0 spiro atoms. The molecule has 9 heteroatoms. The largest absolute Gasteiger partial charge is 0.340 e. The van der Waals surface area contributed by atoms with Crippen LogP contribution < -0.4 is 16.2 Å². The van der Waals surface area contributed by atoms with Crippen molar-refractivity contribution in [1.29, 1.82) is 0 Å². The molecule has 2 aromatic carbocycles. The third-order valence-electron chi connectivity index (χ3n) is 10.9. The van der Waals surface area contributed by atoms with Gasteiger partial charge in [0.15, 0.2) is 11.8 Å². The van der Waals surface area contributed by atoms with E-state index >= 15 is 0 Å². The molecule has 4 aromatic rings.